The minimum absolute atomic E-state index is 0.0277. The Morgan fingerprint density at radius 3 is 2.67 bits per heavy atom. The van der Waals surface area contributed by atoms with Gasteiger partial charge >= 0.3 is 5.69 Å². The summed E-state index contributed by atoms with van der Waals surface area (Å²) in [4.78, 5) is 10.6. The maximum Gasteiger partial charge on any atom is 0.313 e. The molecule has 0 aliphatic heterocycles. The third kappa shape index (κ3) is 3.32. The Morgan fingerprint density at radius 1 is 1.29 bits per heavy atom. The third-order valence-corrected chi connectivity index (χ3v) is 3.41. The van der Waals surface area contributed by atoms with E-state index in [1.807, 2.05) is 19.1 Å². The van der Waals surface area contributed by atoms with E-state index in [1.54, 1.807) is 18.2 Å². The smallest absolute Gasteiger partial charge is 0.313 e. The molecule has 2 aromatic rings. The van der Waals surface area contributed by atoms with Gasteiger partial charge in [0.15, 0.2) is 0 Å². The summed E-state index contributed by atoms with van der Waals surface area (Å²) in [5.41, 5.74) is 6.65. The lowest BCUT2D eigenvalue weighted by molar-refractivity contribution is -0.385. The summed E-state index contributed by atoms with van der Waals surface area (Å²) in [6.45, 7) is 1.96. The van der Waals surface area contributed by atoms with Crippen LogP contribution in [-0.4, -0.2) is 4.92 Å². The van der Waals surface area contributed by atoms with Crippen LogP contribution < -0.4 is 10.5 Å². The van der Waals surface area contributed by atoms with Gasteiger partial charge in [-0.05, 0) is 18.6 Å². The van der Waals surface area contributed by atoms with Gasteiger partial charge in [0.1, 0.15) is 5.75 Å². The van der Waals surface area contributed by atoms with Crippen LogP contribution in [-0.2, 0) is 0 Å². The van der Waals surface area contributed by atoms with Gasteiger partial charge in [0.05, 0.1) is 9.95 Å². The number of hydrogen-bond acceptors (Lipinski definition) is 4. The second kappa shape index (κ2) is 6.56. The normalized spacial score (nSPS) is 12.0. The standard InChI is InChI=1S/C15H15ClN2O3/c1-2-12(17)10-6-3-4-9-14(10)21-15-11(16)7-5-8-13(15)18(19)20/h3-9,12H,2,17H2,1H3/t12-/m0/s1. The maximum absolute atomic E-state index is 11.1. The first-order chi connectivity index (χ1) is 10.0. The molecule has 0 bridgehead atoms. The second-order valence-corrected chi connectivity index (χ2v) is 4.91. The first-order valence-corrected chi connectivity index (χ1v) is 6.87. The molecule has 6 heteroatoms. The molecule has 0 saturated carbocycles. The van der Waals surface area contributed by atoms with Gasteiger partial charge in [-0.25, -0.2) is 0 Å². The number of nitro groups is 1. The molecular formula is C15H15ClN2O3. The number of nitrogens with two attached hydrogens (primary N) is 1. The summed E-state index contributed by atoms with van der Waals surface area (Å²) < 4.78 is 5.70. The van der Waals surface area contributed by atoms with Gasteiger partial charge in [-0.15, -0.1) is 0 Å². The van der Waals surface area contributed by atoms with Crippen molar-refractivity contribution in [1.82, 2.24) is 0 Å². The van der Waals surface area contributed by atoms with Crippen LogP contribution in [0.1, 0.15) is 24.9 Å². The SMILES string of the molecule is CC[C@H](N)c1ccccc1Oc1c(Cl)cccc1[N+](=O)[O-]. The number of halogens is 1. The lowest BCUT2D eigenvalue weighted by atomic mass is 10.0. The molecule has 0 heterocycles. The van der Waals surface area contributed by atoms with Crippen molar-refractivity contribution in [2.45, 2.75) is 19.4 Å². The van der Waals surface area contributed by atoms with Crippen LogP contribution in [0.2, 0.25) is 5.02 Å². The molecule has 1 atom stereocenters. The molecule has 2 aromatic carbocycles. The summed E-state index contributed by atoms with van der Waals surface area (Å²) in [5, 5.41) is 11.3. The van der Waals surface area contributed by atoms with Gasteiger partial charge in [-0.1, -0.05) is 42.8 Å². The first kappa shape index (κ1) is 15.3. The van der Waals surface area contributed by atoms with E-state index in [-0.39, 0.29) is 22.5 Å². The molecule has 0 radical (unpaired) electrons. The highest BCUT2D eigenvalue weighted by Crippen LogP contribution is 2.39. The number of rotatable bonds is 5. The molecule has 2 rings (SSSR count). The fourth-order valence-electron chi connectivity index (χ4n) is 1.95. The van der Waals surface area contributed by atoms with Crippen LogP contribution >= 0.6 is 11.6 Å². The van der Waals surface area contributed by atoms with Crippen molar-refractivity contribution in [2.24, 2.45) is 5.73 Å². The lowest BCUT2D eigenvalue weighted by Crippen LogP contribution is -2.10. The predicted molar refractivity (Wildman–Crippen MR) is 81.8 cm³/mol. The molecular weight excluding hydrogens is 292 g/mol. The number of hydrogen-bond donors (Lipinski definition) is 1. The van der Waals surface area contributed by atoms with Crippen molar-refractivity contribution in [2.75, 3.05) is 0 Å². The maximum atomic E-state index is 11.1. The van der Waals surface area contributed by atoms with E-state index in [4.69, 9.17) is 22.1 Å². The van der Waals surface area contributed by atoms with E-state index in [0.717, 1.165) is 12.0 Å². The van der Waals surface area contributed by atoms with Crippen molar-refractivity contribution >= 4 is 17.3 Å². The molecule has 0 unspecified atom stereocenters. The number of ether oxygens (including phenoxy) is 1. The topological polar surface area (TPSA) is 78.4 Å². The fourth-order valence-corrected chi connectivity index (χ4v) is 2.16. The Kier molecular flexibility index (Phi) is 4.77. The van der Waals surface area contributed by atoms with Crippen molar-refractivity contribution < 1.29 is 9.66 Å². The molecule has 110 valence electrons. The van der Waals surface area contributed by atoms with Crippen LogP contribution in [0, 0.1) is 10.1 Å². The average Bonchev–Trinajstić information content (AvgIpc) is 2.48. The summed E-state index contributed by atoms with van der Waals surface area (Å²) in [5.74, 6) is 0.503. The Bertz CT molecular complexity index is 661. The second-order valence-electron chi connectivity index (χ2n) is 4.50. The van der Waals surface area contributed by atoms with Crippen molar-refractivity contribution in [3.63, 3.8) is 0 Å². The van der Waals surface area contributed by atoms with Crippen LogP contribution in [0.25, 0.3) is 0 Å². The zero-order chi connectivity index (χ0) is 15.4. The molecule has 2 N–H and O–H groups in total. The highest BCUT2D eigenvalue weighted by atomic mass is 35.5. The molecule has 0 spiro atoms. The van der Waals surface area contributed by atoms with Crippen LogP contribution in [0.3, 0.4) is 0 Å². The molecule has 0 aromatic heterocycles. The Balaban J connectivity index is 2.46. The number of nitro benzene ring substituents is 1. The first-order valence-electron chi connectivity index (χ1n) is 6.49. The summed E-state index contributed by atoms with van der Waals surface area (Å²) >= 11 is 6.03. The highest BCUT2D eigenvalue weighted by Gasteiger charge is 2.20. The number of para-hydroxylation sites is 2. The third-order valence-electron chi connectivity index (χ3n) is 3.11. The molecule has 0 aliphatic carbocycles. The van der Waals surface area contributed by atoms with Gasteiger partial charge < -0.3 is 10.5 Å². The predicted octanol–water partition coefficient (Wildman–Crippen LogP) is 4.45. The summed E-state index contributed by atoms with van der Waals surface area (Å²) in [6.07, 6.45) is 0.727. The lowest BCUT2D eigenvalue weighted by Gasteiger charge is -2.15. The van der Waals surface area contributed by atoms with Crippen LogP contribution in [0.4, 0.5) is 5.69 Å². The minimum Gasteiger partial charge on any atom is -0.448 e. The molecule has 21 heavy (non-hydrogen) atoms. The van der Waals surface area contributed by atoms with E-state index in [1.165, 1.54) is 12.1 Å². The van der Waals surface area contributed by atoms with Gasteiger partial charge in [0.25, 0.3) is 0 Å². The van der Waals surface area contributed by atoms with Gasteiger partial charge in [0, 0.05) is 17.7 Å². The summed E-state index contributed by atoms with van der Waals surface area (Å²) in [6, 6.07) is 11.4. The van der Waals surface area contributed by atoms with Crippen molar-refractivity contribution in [1.29, 1.82) is 0 Å². The molecule has 0 saturated heterocycles. The van der Waals surface area contributed by atoms with Crippen molar-refractivity contribution in [3.05, 3.63) is 63.2 Å². The van der Waals surface area contributed by atoms with Gasteiger partial charge in [-0.3, -0.25) is 10.1 Å². The highest BCUT2D eigenvalue weighted by molar-refractivity contribution is 6.32. The zero-order valence-corrected chi connectivity index (χ0v) is 12.2. The number of nitrogens with zero attached hydrogens (tertiary/aromatic N) is 1. The average molecular weight is 307 g/mol. The molecule has 0 fully saturated rings. The monoisotopic (exact) mass is 306 g/mol. The van der Waals surface area contributed by atoms with Crippen molar-refractivity contribution in [3.8, 4) is 11.5 Å². The van der Waals surface area contributed by atoms with Crippen LogP contribution in [0.15, 0.2) is 42.5 Å². The Morgan fingerprint density at radius 2 is 2.00 bits per heavy atom. The quantitative estimate of drug-likeness (QED) is 0.654. The van der Waals surface area contributed by atoms with E-state index in [2.05, 4.69) is 0 Å². The zero-order valence-electron chi connectivity index (χ0n) is 11.5. The minimum atomic E-state index is -0.524. The molecule has 0 aliphatic rings. The van der Waals surface area contributed by atoms with E-state index in [0.29, 0.717) is 5.75 Å². The van der Waals surface area contributed by atoms with Gasteiger partial charge in [0.2, 0.25) is 5.75 Å². The van der Waals surface area contributed by atoms with E-state index < -0.39 is 4.92 Å². The molecule has 5 nitrogen and oxygen atoms in total. The van der Waals surface area contributed by atoms with Gasteiger partial charge in [-0.2, -0.15) is 0 Å². The van der Waals surface area contributed by atoms with Crippen LogP contribution in [0.5, 0.6) is 11.5 Å². The Labute approximate surface area is 127 Å². The van der Waals surface area contributed by atoms with E-state index >= 15 is 0 Å². The summed E-state index contributed by atoms with van der Waals surface area (Å²) in [7, 11) is 0. The number of benzene rings is 2. The van der Waals surface area contributed by atoms with E-state index in [9.17, 15) is 10.1 Å². The Hall–Kier alpha value is -2.11. The molecule has 0 amide bonds. The fraction of sp³-hybridized carbons (Fsp3) is 0.200. The largest absolute Gasteiger partial charge is 0.448 e.